The van der Waals surface area contributed by atoms with E-state index in [1.807, 2.05) is 24.3 Å². The van der Waals surface area contributed by atoms with Crippen molar-refractivity contribution in [3.8, 4) is 11.5 Å². The maximum Gasteiger partial charge on any atom is 0.193 e. The first-order chi connectivity index (χ1) is 15.9. The number of hydrogen-bond donors (Lipinski definition) is 0. The summed E-state index contributed by atoms with van der Waals surface area (Å²) in [5.74, 6) is 1.96. The minimum atomic E-state index is -2.13. The fraction of sp³-hybridized carbons (Fsp3) is 0.690. The van der Waals surface area contributed by atoms with Crippen LogP contribution in [0.5, 0.6) is 11.5 Å². The predicted molar refractivity (Wildman–Crippen MR) is 153 cm³/mol. The highest BCUT2D eigenvalue weighted by Gasteiger charge is 2.58. The van der Waals surface area contributed by atoms with Crippen molar-refractivity contribution in [2.75, 3.05) is 13.7 Å². The smallest absolute Gasteiger partial charge is 0.193 e. The van der Waals surface area contributed by atoms with Crippen molar-refractivity contribution in [1.82, 2.24) is 0 Å². The third-order valence-electron chi connectivity index (χ3n) is 8.53. The number of hydrogen-bond acceptors (Lipinski definition) is 4. The summed E-state index contributed by atoms with van der Waals surface area (Å²) in [7, 11) is -2.46. The van der Waals surface area contributed by atoms with E-state index in [0.717, 1.165) is 17.9 Å². The molecule has 4 nitrogen and oxygen atoms in total. The Balaban J connectivity index is 2.51. The molecule has 0 heterocycles. The van der Waals surface area contributed by atoms with Gasteiger partial charge in [0.25, 0.3) is 0 Å². The topological polar surface area (TPSA) is 36.9 Å². The normalized spacial score (nSPS) is 25.8. The Hall–Kier alpha value is -1.31. The number of methoxy groups -OCH3 is 1. The molecule has 1 fully saturated rings. The van der Waals surface area contributed by atoms with Gasteiger partial charge in [-0.2, -0.15) is 0 Å². The second-order valence-corrected chi connectivity index (χ2v) is 22.8. The molecule has 0 spiro atoms. The van der Waals surface area contributed by atoms with Gasteiger partial charge in [-0.15, -0.1) is 5.73 Å². The van der Waals surface area contributed by atoms with Crippen LogP contribution in [0.3, 0.4) is 0 Å². The Labute approximate surface area is 217 Å². The summed E-state index contributed by atoms with van der Waals surface area (Å²) in [6.07, 6.45) is 3.00. The van der Waals surface area contributed by atoms with E-state index in [1.54, 1.807) is 7.11 Å². The van der Waals surface area contributed by atoms with Gasteiger partial charge in [0.2, 0.25) is 0 Å². The molecular formula is C29H50O4Si2. The quantitative estimate of drug-likeness (QED) is 0.244. The molecule has 1 saturated carbocycles. The number of ether oxygens (including phenoxy) is 2. The van der Waals surface area contributed by atoms with Gasteiger partial charge in [-0.3, -0.25) is 0 Å². The van der Waals surface area contributed by atoms with Crippen molar-refractivity contribution in [2.24, 2.45) is 11.8 Å². The molecule has 6 heteroatoms. The molecular weight excluding hydrogens is 468 g/mol. The molecule has 1 aromatic carbocycles. The van der Waals surface area contributed by atoms with E-state index in [-0.39, 0.29) is 22.1 Å². The molecule has 4 atom stereocenters. The monoisotopic (exact) mass is 518 g/mol. The van der Waals surface area contributed by atoms with Crippen LogP contribution in [0.2, 0.25) is 36.3 Å². The highest BCUT2D eigenvalue weighted by Crippen LogP contribution is 2.52. The van der Waals surface area contributed by atoms with Crippen molar-refractivity contribution in [1.29, 1.82) is 0 Å². The van der Waals surface area contributed by atoms with E-state index in [2.05, 4.69) is 93.0 Å². The van der Waals surface area contributed by atoms with Crippen LogP contribution in [-0.4, -0.2) is 42.1 Å². The van der Waals surface area contributed by atoms with Gasteiger partial charge < -0.3 is 18.3 Å². The first-order valence-corrected chi connectivity index (χ1v) is 18.7. The molecule has 0 unspecified atom stereocenters. The molecule has 35 heavy (non-hydrogen) atoms. The fourth-order valence-corrected chi connectivity index (χ4v) is 7.38. The molecule has 1 aliphatic carbocycles. The van der Waals surface area contributed by atoms with Crippen LogP contribution >= 0.6 is 0 Å². The molecule has 1 aliphatic rings. The second kappa shape index (κ2) is 10.6. The summed E-state index contributed by atoms with van der Waals surface area (Å²) in [6, 6.07) is 7.77. The average molecular weight is 519 g/mol. The van der Waals surface area contributed by atoms with Crippen LogP contribution in [0.4, 0.5) is 0 Å². The van der Waals surface area contributed by atoms with E-state index in [4.69, 9.17) is 18.3 Å². The van der Waals surface area contributed by atoms with Gasteiger partial charge in [0, 0.05) is 5.92 Å². The van der Waals surface area contributed by atoms with Crippen LogP contribution in [0.25, 0.3) is 0 Å². The summed E-state index contributed by atoms with van der Waals surface area (Å²) in [5, 5.41) is 0.199. The Bertz CT molecular complexity index is 889. The third-order valence-corrected chi connectivity index (χ3v) is 17.5. The first kappa shape index (κ1) is 29.9. The van der Waals surface area contributed by atoms with Crippen LogP contribution < -0.4 is 9.47 Å². The zero-order valence-electron chi connectivity index (χ0n) is 24.4. The van der Waals surface area contributed by atoms with E-state index in [9.17, 15) is 0 Å². The molecule has 0 radical (unpaired) electrons. The molecule has 0 aromatic heterocycles. The Morgan fingerprint density at radius 3 is 1.94 bits per heavy atom. The standard InChI is InChI=1S/C29H50O4Si2/c1-14-15-25-26(32-34(10,11)27(3,4)5)22(2)20-29(25,33-35(12,13)28(6,7)8)21-31-24-18-16-23(30-9)17-19-24/h15-19,22,25-26H,1,20-21H2,2-13H3/t22-,25-,26+,29-/m0/s1. The van der Waals surface area contributed by atoms with Crippen molar-refractivity contribution in [3.63, 3.8) is 0 Å². The van der Waals surface area contributed by atoms with E-state index < -0.39 is 22.2 Å². The minimum absolute atomic E-state index is 0.0106. The summed E-state index contributed by atoms with van der Waals surface area (Å²) >= 11 is 0. The number of rotatable bonds is 9. The van der Waals surface area contributed by atoms with Gasteiger partial charge in [0.1, 0.15) is 18.1 Å². The van der Waals surface area contributed by atoms with Crippen LogP contribution in [0.1, 0.15) is 54.9 Å². The number of benzene rings is 1. The van der Waals surface area contributed by atoms with E-state index in [1.165, 1.54) is 0 Å². The average Bonchev–Trinajstić information content (AvgIpc) is 2.96. The summed E-state index contributed by atoms with van der Waals surface area (Å²) < 4.78 is 26.2. The zero-order chi connectivity index (χ0) is 26.9. The van der Waals surface area contributed by atoms with E-state index >= 15 is 0 Å². The first-order valence-electron chi connectivity index (χ1n) is 12.9. The minimum Gasteiger partial charge on any atom is -0.497 e. The summed E-state index contributed by atoms with van der Waals surface area (Å²) in [5.41, 5.74) is 2.59. The lowest BCUT2D eigenvalue weighted by atomic mass is 9.90. The largest absolute Gasteiger partial charge is 0.497 e. The lowest BCUT2D eigenvalue weighted by Gasteiger charge is -2.47. The van der Waals surface area contributed by atoms with Gasteiger partial charge in [-0.1, -0.05) is 55.0 Å². The van der Waals surface area contributed by atoms with Crippen LogP contribution in [0, 0.1) is 11.8 Å². The zero-order valence-corrected chi connectivity index (χ0v) is 26.4. The van der Waals surface area contributed by atoms with Crippen molar-refractivity contribution < 1.29 is 18.3 Å². The van der Waals surface area contributed by atoms with Gasteiger partial charge >= 0.3 is 0 Å². The molecule has 0 bridgehead atoms. The molecule has 0 saturated heterocycles. The highest BCUT2D eigenvalue weighted by molar-refractivity contribution is 6.74. The lowest BCUT2D eigenvalue weighted by Crippen LogP contribution is -2.55. The summed E-state index contributed by atoms with van der Waals surface area (Å²) in [6.45, 7) is 29.8. The van der Waals surface area contributed by atoms with Gasteiger partial charge in [0.05, 0.1) is 18.8 Å². The van der Waals surface area contributed by atoms with Crippen molar-refractivity contribution >= 4 is 16.6 Å². The highest BCUT2D eigenvalue weighted by atomic mass is 28.4. The Morgan fingerprint density at radius 2 is 1.49 bits per heavy atom. The van der Waals surface area contributed by atoms with Gasteiger partial charge in [-0.25, -0.2) is 0 Å². The SMILES string of the molecule is C=C=C[C@H]1[C@H](O[Si](C)(C)C(C)(C)C)[C@@H](C)C[C@@]1(COc1ccc(OC)cc1)O[Si](C)(C)C(C)(C)C. The molecule has 0 N–H and O–H groups in total. The molecule has 0 amide bonds. The second-order valence-electron chi connectivity index (χ2n) is 13.3. The lowest BCUT2D eigenvalue weighted by molar-refractivity contribution is -0.0266. The maximum absolute atomic E-state index is 7.31. The van der Waals surface area contributed by atoms with Crippen LogP contribution in [0.15, 0.2) is 42.7 Å². The van der Waals surface area contributed by atoms with E-state index in [0.29, 0.717) is 12.5 Å². The third kappa shape index (κ3) is 6.72. The maximum atomic E-state index is 7.31. The Kier molecular flexibility index (Phi) is 9.05. The molecule has 0 aliphatic heterocycles. The summed E-state index contributed by atoms with van der Waals surface area (Å²) in [4.78, 5) is 0. The van der Waals surface area contributed by atoms with Crippen molar-refractivity contribution in [2.45, 2.75) is 103 Å². The van der Waals surface area contributed by atoms with Crippen molar-refractivity contribution in [3.05, 3.63) is 42.7 Å². The fourth-order valence-electron chi connectivity index (χ4n) is 4.36. The van der Waals surface area contributed by atoms with Gasteiger partial charge in [0.15, 0.2) is 16.6 Å². The molecule has 2 rings (SSSR count). The molecule has 1 aromatic rings. The Morgan fingerprint density at radius 1 is 0.971 bits per heavy atom. The van der Waals surface area contributed by atoms with Crippen LogP contribution in [-0.2, 0) is 8.85 Å². The van der Waals surface area contributed by atoms with Gasteiger partial charge in [-0.05, 0) is 78.9 Å². The predicted octanol–water partition coefficient (Wildman–Crippen LogP) is 8.22. The molecule has 198 valence electrons.